The topological polar surface area (TPSA) is 84.7 Å². The normalized spacial score (nSPS) is 24.6. The van der Waals surface area contributed by atoms with E-state index < -0.39 is 0 Å². The van der Waals surface area contributed by atoms with Crippen LogP contribution >= 0.6 is 0 Å². The molecule has 1 aliphatic rings. The van der Waals surface area contributed by atoms with Crippen LogP contribution in [0.2, 0.25) is 0 Å². The maximum absolute atomic E-state index is 11.5. The van der Waals surface area contributed by atoms with Gasteiger partial charge in [0.25, 0.3) is 0 Å². The number of imidazole rings is 1. The lowest BCUT2D eigenvalue weighted by Crippen LogP contribution is -2.23. The zero-order chi connectivity index (χ0) is 14.5. The first kappa shape index (κ1) is 12.7. The Morgan fingerprint density at radius 1 is 1.65 bits per heavy atom. The summed E-state index contributed by atoms with van der Waals surface area (Å²) in [7, 11) is 1.95. The molecule has 2 aromatic rings. The molecule has 5 nitrogen and oxygen atoms in total. The van der Waals surface area contributed by atoms with Crippen LogP contribution in [-0.4, -0.2) is 15.5 Å². The molecule has 0 radical (unpaired) electrons. The second kappa shape index (κ2) is 4.07. The van der Waals surface area contributed by atoms with Crippen LogP contribution in [0.5, 0.6) is 0 Å². The number of nitriles is 1. The molecular formula is C15H16N4O. The molecule has 5 heteroatoms. The molecule has 0 bridgehead atoms. The highest BCUT2D eigenvalue weighted by molar-refractivity contribution is 5.84. The van der Waals surface area contributed by atoms with Gasteiger partial charge in [-0.25, -0.2) is 4.98 Å². The molecule has 20 heavy (non-hydrogen) atoms. The Morgan fingerprint density at radius 2 is 2.40 bits per heavy atom. The average Bonchev–Trinajstić information content (AvgIpc) is 3.12. The molecule has 2 atom stereocenters. The van der Waals surface area contributed by atoms with Crippen molar-refractivity contribution in [1.82, 2.24) is 9.55 Å². The van der Waals surface area contributed by atoms with Crippen molar-refractivity contribution in [3.05, 3.63) is 29.6 Å². The number of amides is 1. The molecule has 1 saturated carbocycles. The Morgan fingerprint density at radius 3 is 2.95 bits per heavy atom. The molecule has 0 aliphatic heterocycles. The molecule has 1 fully saturated rings. The highest BCUT2D eigenvalue weighted by Crippen LogP contribution is 2.56. The summed E-state index contributed by atoms with van der Waals surface area (Å²) in [6.45, 7) is 2.06. The van der Waals surface area contributed by atoms with Gasteiger partial charge in [0.15, 0.2) is 0 Å². The summed E-state index contributed by atoms with van der Waals surface area (Å²) in [5.41, 5.74) is 7.59. The first-order valence-corrected chi connectivity index (χ1v) is 6.70. The van der Waals surface area contributed by atoms with E-state index in [1.807, 2.05) is 17.7 Å². The third-order valence-corrected chi connectivity index (χ3v) is 4.50. The molecule has 102 valence electrons. The van der Waals surface area contributed by atoms with Gasteiger partial charge in [-0.1, -0.05) is 6.92 Å². The van der Waals surface area contributed by atoms with Crippen LogP contribution in [0.25, 0.3) is 11.0 Å². The summed E-state index contributed by atoms with van der Waals surface area (Å²) in [6, 6.07) is 7.58. The zero-order valence-corrected chi connectivity index (χ0v) is 11.6. The summed E-state index contributed by atoms with van der Waals surface area (Å²) < 4.78 is 2.02. The van der Waals surface area contributed by atoms with Crippen molar-refractivity contribution < 1.29 is 4.79 Å². The number of rotatable bonds is 3. The van der Waals surface area contributed by atoms with Crippen LogP contribution in [0.3, 0.4) is 0 Å². The Balaban J connectivity index is 2.16. The highest BCUT2D eigenvalue weighted by Gasteiger charge is 2.59. The fraction of sp³-hybridized carbons (Fsp3) is 0.400. The quantitative estimate of drug-likeness (QED) is 0.917. The van der Waals surface area contributed by atoms with E-state index in [0.29, 0.717) is 5.56 Å². The van der Waals surface area contributed by atoms with E-state index in [9.17, 15) is 4.79 Å². The van der Waals surface area contributed by atoms with Gasteiger partial charge in [-0.3, -0.25) is 4.79 Å². The van der Waals surface area contributed by atoms with Gasteiger partial charge in [0.1, 0.15) is 5.82 Å². The average molecular weight is 268 g/mol. The molecule has 1 amide bonds. The molecular weight excluding hydrogens is 252 g/mol. The van der Waals surface area contributed by atoms with Crippen LogP contribution < -0.4 is 5.73 Å². The monoisotopic (exact) mass is 268 g/mol. The van der Waals surface area contributed by atoms with Gasteiger partial charge >= 0.3 is 0 Å². The highest BCUT2D eigenvalue weighted by atomic mass is 16.1. The van der Waals surface area contributed by atoms with Crippen molar-refractivity contribution in [3.63, 3.8) is 0 Å². The molecule has 0 spiro atoms. The lowest BCUT2D eigenvalue weighted by Gasteiger charge is -2.14. The second-order valence-corrected chi connectivity index (χ2v) is 5.48. The first-order chi connectivity index (χ1) is 9.53. The minimum Gasteiger partial charge on any atom is -0.369 e. The van der Waals surface area contributed by atoms with Crippen molar-refractivity contribution in [2.75, 3.05) is 0 Å². The number of carbonyl (C=O) groups is 1. The first-order valence-electron chi connectivity index (χ1n) is 6.70. The van der Waals surface area contributed by atoms with Crippen LogP contribution in [0.1, 0.15) is 31.2 Å². The maximum atomic E-state index is 11.5. The summed E-state index contributed by atoms with van der Waals surface area (Å²) in [5.74, 6) is 0.518. The fourth-order valence-corrected chi connectivity index (χ4v) is 3.19. The number of hydrogen-bond acceptors (Lipinski definition) is 3. The zero-order valence-electron chi connectivity index (χ0n) is 11.6. The fourth-order valence-electron chi connectivity index (χ4n) is 3.19. The molecule has 0 saturated heterocycles. The summed E-state index contributed by atoms with van der Waals surface area (Å²) in [5, 5.41) is 8.96. The SMILES string of the molecule is CCC1(c2nc3cc(C#N)ccc3n2C)CC1C(N)=O. The number of carbonyl (C=O) groups excluding carboxylic acids is 1. The van der Waals surface area contributed by atoms with Crippen LogP contribution in [0.4, 0.5) is 0 Å². The Kier molecular flexibility index (Phi) is 2.58. The lowest BCUT2D eigenvalue weighted by atomic mass is 9.99. The second-order valence-electron chi connectivity index (χ2n) is 5.48. The van der Waals surface area contributed by atoms with E-state index in [1.165, 1.54) is 0 Å². The summed E-state index contributed by atoms with van der Waals surface area (Å²) in [4.78, 5) is 16.1. The summed E-state index contributed by atoms with van der Waals surface area (Å²) >= 11 is 0. The van der Waals surface area contributed by atoms with Gasteiger partial charge in [0, 0.05) is 12.5 Å². The molecule has 2 N–H and O–H groups in total. The standard InChI is InChI=1S/C15H16N4O/c1-3-15(7-10(15)13(17)20)14-18-11-6-9(8-16)4-5-12(11)19(14)2/h4-6,10H,3,7H2,1-2H3,(H2,17,20). The smallest absolute Gasteiger partial charge is 0.221 e. The van der Waals surface area contributed by atoms with E-state index in [0.717, 1.165) is 29.7 Å². The van der Waals surface area contributed by atoms with Crippen LogP contribution in [-0.2, 0) is 17.3 Å². The minimum absolute atomic E-state index is 0.126. The molecule has 1 aliphatic carbocycles. The number of nitrogens with two attached hydrogens (primary N) is 1. The number of primary amides is 1. The van der Waals surface area contributed by atoms with Gasteiger partial charge in [0.2, 0.25) is 5.91 Å². The number of fused-ring (bicyclic) bond motifs is 1. The van der Waals surface area contributed by atoms with Crippen molar-refractivity contribution >= 4 is 16.9 Å². The van der Waals surface area contributed by atoms with Crippen LogP contribution in [0, 0.1) is 17.2 Å². The lowest BCUT2D eigenvalue weighted by molar-refractivity contribution is -0.119. The van der Waals surface area contributed by atoms with E-state index in [4.69, 9.17) is 11.0 Å². The molecule has 1 heterocycles. The predicted molar refractivity (Wildman–Crippen MR) is 74.7 cm³/mol. The largest absolute Gasteiger partial charge is 0.369 e. The molecule has 1 aromatic heterocycles. The number of aryl methyl sites for hydroxylation is 1. The van der Waals surface area contributed by atoms with E-state index in [-0.39, 0.29) is 17.2 Å². The van der Waals surface area contributed by atoms with E-state index in [1.54, 1.807) is 12.1 Å². The van der Waals surface area contributed by atoms with Crippen molar-refractivity contribution in [1.29, 1.82) is 5.26 Å². The van der Waals surface area contributed by atoms with Crippen molar-refractivity contribution in [2.45, 2.75) is 25.2 Å². The molecule has 3 rings (SSSR count). The van der Waals surface area contributed by atoms with Crippen molar-refractivity contribution in [3.8, 4) is 6.07 Å². The van der Waals surface area contributed by atoms with Gasteiger partial charge in [0.05, 0.1) is 28.6 Å². The maximum Gasteiger partial charge on any atom is 0.221 e. The molecule has 1 aromatic carbocycles. The van der Waals surface area contributed by atoms with E-state index >= 15 is 0 Å². The number of aromatic nitrogens is 2. The van der Waals surface area contributed by atoms with Crippen LogP contribution in [0.15, 0.2) is 18.2 Å². The van der Waals surface area contributed by atoms with Gasteiger partial charge in [-0.15, -0.1) is 0 Å². The Labute approximate surface area is 117 Å². The third-order valence-electron chi connectivity index (χ3n) is 4.50. The van der Waals surface area contributed by atoms with Crippen molar-refractivity contribution in [2.24, 2.45) is 18.7 Å². The Hall–Kier alpha value is -2.35. The number of hydrogen-bond donors (Lipinski definition) is 1. The van der Waals surface area contributed by atoms with E-state index in [2.05, 4.69) is 18.0 Å². The van der Waals surface area contributed by atoms with Gasteiger partial charge < -0.3 is 10.3 Å². The number of nitrogens with zero attached hydrogens (tertiary/aromatic N) is 3. The Bertz CT molecular complexity index is 755. The van der Waals surface area contributed by atoms with Gasteiger partial charge in [-0.05, 0) is 31.0 Å². The third kappa shape index (κ3) is 1.54. The number of benzene rings is 1. The summed E-state index contributed by atoms with van der Waals surface area (Å²) in [6.07, 6.45) is 1.60. The minimum atomic E-state index is -0.253. The predicted octanol–water partition coefficient (Wildman–Crippen LogP) is 1.60. The van der Waals surface area contributed by atoms with Gasteiger partial charge in [-0.2, -0.15) is 5.26 Å². The molecule has 2 unspecified atom stereocenters.